The summed E-state index contributed by atoms with van der Waals surface area (Å²) in [4.78, 5) is 22.9. The van der Waals surface area contributed by atoms with Gasteiger partial charge in [0.15, 0.2) is 6.10 Å². The van der Waals surface area contributed by atoms with E-state index in [1.165, 1.54) is 5.56 Å². The maximum atomic E-state index is 11.7. The Hall–Kier alpha value is -2.04. The molecular weight excluding hydrogens is 270 g/mol. The Labute approximate surface area is 123 Å². The van der Waals surface area contributed by atoms with Gasteiger partial charge in [-0.1, -0.05) is 19.4 Å². The summed E-state index contributed by atoms with van der Waals surface area (Å²) in [5.74, 6) is 0.494. The summed E-state index contributed by atoms with van der Waals surface area (Å²) in [6.45, 7) is 2.85. The lowest BCUT2D eigenvalue weighted by molar-refractivity contribution is -0.124. The highest BCUT2D eigenvalue weighted by molar-refractivity contribution is 6.00. The largest absolute Gasteiger partial charge is 0.494 e. The van der Waals surface area contributed by atoms with E-state index < -0.39 is 12.2 Å². The van der Waals surface area contributed by atoms with Gasteiger partial charge in [0.25, 0.3) is 5.91 Å². The van der Waals surface area contributed by atoms with E-state index in [1.54, 1.807) is 0 Å². The second-order valence-corrected chi connectivity index (χ2v) is 5.52. The molecule has 112 valence electrons. The smallest absolute Gasteiger partial charge is 0.414 e. The number of carbonyl (C=O) groups is 2. The van der Waals surface area contributed by atoms with Crippen molar-refractivity contribution in [3.63, 3.8) is 0 Å². The third-order valence-corrected chi connectivity index (χ3v) is 4.09. The topological polar surface area (TPSA) is 64.6 Å². The highest BCUT2D eigenvalue weighted by Gasteiger charge is 2.42. The molecule has 0 spiro atoms. The van der Waals surface area contributed by atoms with Gasteiger partial charge in [0.05, 0.1) is 6.61 Å². The Morgan fingerprint density at radius 1 is 1.38 bits per heavy atom. The van der Waals surface area contributed by atoms with Crippen molar-refractivity contribution >= 4 is 12.0 Å². The molecule has 1 aromatic carbocycles. The third kappa shape index (κ3) is 2.73. The SMILES string of the molecule is CCCCOc1ccc2c(c1)CC[C@H]2C1OC(=O)NC1=O. The molecule has 2 aliphatic rings. The number of rotatable bonds is 5. The zero-order valence-corrected chi connectivity index (χ0v) is 12.1. The molecule has 1 saturated heterocycles. The number of alkyl carbamates (subject to hydrolysis) is 1. The average molecular weight is 289 g/mol. The van der Waals surface area contributed by atoms with Crippen LogP contribution < -0.4 is 10.1 Å². The molecule has 1 aliphatic heterocycles. The van der Waals surface area contributed by atoms with Crippen molar-refractivity contribution in [2.75, 3.05) is 6.61 Å². The van der Waals surface area contributed by atoms with Crippen LogP contribution in [-0.4, -0.2) is 24.7 Å². The van der Waals surface area contributed by atoms with Gasteiger partial charge in [-0.2, -0.15) is 0 Å². The number of nitrogens with one attached hydrogen (secondary N) is 1. The number of amides is 2. The number of hydrogen-bond acceptors (Lipinski definition) is 4. The van der Waals surface area contributed by atoms with Crippen molar-refractivity contribution in [2.45, 2.75) is 44.6 Å². The lowest BCUT2D eigenvalue weighted by Crippen LogP contribution is -2.28. The van der Waals surface area contributed by atoms with Crippen LogP contribution in [0.3, 0.4) is 0 Å². The Kier molecular flexibility index (Phi) is 3.82. The summed E-state index contributed by atoms with van der Waals surface area (Å²) in [5, 5.41) is 2.20. The van der Waals surface area contributed by atoms with Crippen molar-refractivity contribution in [1.82, 2.24) is 5.32 Å². The molecule has 1 heterocycles. The van der Waals surface area contributed by atoms with Gasteiger partial charge in [-0.25, -0.2) is 4.79 Å². The molecule has 1 unspecified atom stereocenters. The first kappa shape index (κ1) is 13.9. The van der Waals surface area contributed by atoms with Crippen molar-refractivity contribution in [1.29, 1.82) is 0 Å². The van der Waals surface area contributed by atoms with Crippen molar-refractivity contribution < 1.29 is 19.1 Å². The van der Waals surface area contributed by atoms with E-state index in [-0.39, 0.29) is 11.8 Å². The van der Waals surface area contributed by atoms with E-state index in [9.17, 15) is 9.59 Å². The standard InChI is InChI=1S/C16H19NO4/c1-2-3-8-20-11-5-7-12-10(9-11)4-6-13(12)14-15(18)17-16(19)21-14/h5,7,9,13-14H,2-4,6,8H2,1H3,(H,17,18,19)/t13-,14?/m1/s1. The fraction of sp³-hybridized carbons (Fsp3) is 0.500. The molecule has 0 saturated carbocycles. The minimum absolute atomic E-state index is 0.0452. The highest BCUT2D eigenvalue weighted by atomic mass is 16.6. The number of hydrogen-bond donors (Lipinski definition) is 1. The van der Waals surface area contributed by atoms with E-state index in [0.29, 0.717) is 0 Å². The van der Waals surface area contributed by atoms with Crippen LogP contribution in [0.15, 0.2) is 18.2 Å². The number of ether oxygens (including phenoxy) is 2. The first-order valence-electron chi connectivity index (χ1n) is 7.46. The summed E-state index contributed by atoms with van der Waals surface area (Å²) in [7, 11) is 0. The molecule has 1 N–H and O–H groups in total. The number of cyclic esters (lactones) is 1. The van der Waals surface area contributed by atoms with Crippen LogP contribution in [-0.2, 0) is 16.0 Å². The van der Waals surface area contributed by atoms with Gasteiger partial charge < -0.3 is 9.47 Å². The molecule has 5 heteroatoms. The minimum atomic E-state index is -0.689. The van der Waals surface area contributed by atoms with Crippen molar-refractivity contribution in [2.24, 2.45) is 0 Å². The summed E-state index contributed by atoms with van der Waals surface area (Å²) >= 11 is 0. The third-order valence-electron chi connectivity index (χ3n) is 4.09. The molecule has 21 heavy (non-hydrogen) atoms. The number of carbonyl (C=O) groups excluding carboxylic acids is 2. The van der Waals surface area contributed by atoms with Crippen LogP contribution >= 0.6 is 0 Å². The molecule has 1 aliphatic carbocycles. The second-order valence-electron chi connectivity index (χ2n) is 5.52. The Balaban J connectivity index is 1.74. The average Bonchev–Trinajstić information content (AvgIpc) is 3.01. The Bertz CT molecular complexity index is 569. The van der Waals surface area contributed by atoms with Gasteiger partial charge in [0.2, 0.25) is 0 Å². The van der Waals surface area contributed by atoms with Crippen LogP contribution in [0.1, 0.15) is 43.2 Å². The van der Waals surface area contributed by atoms with Gasteiger partial charge in [-0.3, -0.25) is 10.1 Å². The minimum Gasteiger partial charge on any atom is -0.494 e. The normalized spacial score (nSPS) is 23.7. The number of aryl methyl sites for hydroxylation is 1. The summed E-state index contributed by atoms with van der Waals surface area (Å²) in [6, 6.07) is 5.97. The Morgan fingerprint density at radius 3 is 2.95 bits per heavy atom. The maximum absolute atomic E-state index is 11.7. The monoisotopic (exact) mass is 289 g/mol. The first-order valence-corrected chi connectivity index (χ1v) is 7.46. The van der Waals surface area contributed by atoms with Crippen molar-refractivity contribution in [3.8, 4) is 5.75 Å². The van der Waals surface area contributed by atoms with Crippen LogP contribution in [0.2, 0.25) is 0 Å². The lowest BCUT2D eigenvalue weighted by atomic mass is 9.95. The fourth-order valence-electron chi connectivity index (χ4n) is 3.00. The molecule has 2 atom stereocenters. The van der Waals surface area contributed by atoms with Crippen LogP contribution in [0.5, 0.6) is 5.75 Å². The molecule has 3 rings (SSSR count). The van der Waals surface area contributed by atoms with E-state index >= 15 is 0 Å². The van der Waals surface area contributed by atoms with E-state index in [2.05, 4.69) is 12.2 Å². The zero-order chi connectivity index (χ0) is 14.8. The number of fused-ring (bicyclic) bond motifs is 1. The predicted octanol–water partition coefficient (Wildman–Crippen LogP) is 2.53. The van der Waals surface area contributed by atoms with Gasteiger partial charge in [-0.15, -0.1) is 0 Å². The molecule has 2 amide bonds. The molecule has 1 fully saturated rings. The van der Waals surface area contributed by atoms with Gasteiger partial charge >= 0.3 is 6.09 Å². The molecular formula is C16H19NO4. The van der Waals surface area contributed by atoms with E-state index in [0.717, 1.165) is 43.6 Å². The van der Waals surface area contributed by atoms with Crippen molar-refractivity contribution in [3.05, 3.63) is 29.3 Å². The number of imide groups is 1. The van der Waals surface area contributed by atoms with E-state index in [4.69, 9.17) is 9.47 Å². The molecule has 0 bridgehead atoms. The van der Waals surface area contributed by atoms with Crippen LogP contribution in [0.4, 0.5) is 4.79 Å². The van der Waals surface area contributed by atoms with Gasteiger partial charge in [0.1, 0.15) is 5.75 Å². The summed E-state index contributed by atoms with van der Waals surface area (Å²) in [5.41, 5.74) is 2.28. The van der Waals surface area contributed by atoms with E-state index in [1.807, 2.05) is 18.2 Å². The van der Waals surface area contributed by atoms with Crippen LogP contribution in [0.25, 0.3) is 0 Å². The van der Waals surface area contributed by atoms with Gasteiger partial charge in [0, 0.05) is 5.92 Å². The van der Waals surface area contributed by atoms with Gasteiger partial charge in [-0.05, 0) is 42.5 Å². The lowest BCUT2D eigenvalue weighted by Gasteiger charge is -2.16. The molecule has 0 radical (unpaired) electrons. The molecule has 5 nitrogen and oxygen atoms in total. The fourth-order valence-corrected chi connectivity index (χ4v) is 3.00. The summed E-state index contributed by atoms with van der Waals surface area (Å²) in [6.07, 6.45) is 2.52. The predicted molar refractivity (Wildman–Crippen MR) is 76.3 cm³/mol. The second kappa shape index (κ2) is 5.76. The van der Waals surface area contributed by atoms with Crippen LogP contribution in [0, 0.1) is 0 Å². The summed E-state index contributed by atoms with van der Waals surface area (Å²) < 4.78 is 10.8. The first-order chi connectivity index (χ1) is 10.2. The Morgan fingerprint density at radius 2 is 2.24 bits per heavy atom. The quantitative estimate of drug-likeness (QED) is 0.846. The number of unbranched alkanes of at least 4 members (excludes halogenated alkanes) is 1. The zero-order valence-electron chi connectivity index (χ0n) is 12.1. The molecule has 1 aromatic rings. The number of benzene rings is 1. The maximum Gasteiger partial charge on any atom is 0.414 e. The highest BCUT2D eigenvalue weighted by Crippen LogP contribution is 2.39. The molecule has 0 aromatic heterocycles.